The first-order valence-corrected chi connectivity index (χ1v) is 20.7. The molecule has 58 heavy (non-hydrogen) atoms. The summed E-state index contributed by atoms with van der Waals surface area (Å²) in [5.74, 6) is 2.52. The van der Waals surface area contributed by atoms with Crippen LogP contribution in [0.5, 0.6) is 23.0 Å². The van der Waals surface area contributed by atoms with E-state index in [1.54, 1.807) is 24.1 Å². The lowest BCUT2D eigenvalue weighted by atomic mass is 9.76. The molecule has 300 valence electrons. The maximum absolute atomic E-state index is 13.4. The summed E-state index contributed by atoms with van der Waals surface area (Å²) in [6, 6.07) is 26.3. The van der Waals surface area contributed by atoms with Gasteiger partial charge in [-0.3, -0.25) is 24.6 Å². The van der Waals surface area contributed by atoms with Crippen molar-refractivity contribution < 1.29 is 33.7 Å². The van der Waals surface area contributed by atoms with Crippen molar-refractivity contribution in [2.75, 3.05) is 69.4 Å². The zero-order valence-electron chi connectivity index (χ0n) is 32.8. The van der Waals surface area contributed by atoms with Gasteiger partial charge in [0.15, 0.2) is 0 Å². The van der Waals surface area contributed by atoms with Crippen molar-refractivity contribution in [1.82, 2.24) is 15.1 Å². The van der Waals surface area contributed by atoms with E-state index in [4.69, 9.17) is 14.2 Å². The molecule has 12 nitrogen and oxygen atoms in total. The monoisotopic (exact) mass is 783 g/mol. The standard InChI is InChI=1S/C46H49N5O7/c1-56-34-9-4-29(5-10-34)38-27-57-41-22-33(52)8-11-36(41)43(38)30-2-6-31(7-3-30)49-18-16-28(17-19-49)23-48-20-21-50-32(24-48)26-58-44-37-25-51(40-14-15-42(53)47-45(40)54)46(55)35(37)12-13-39(44)50/h2-13,22,28,32,38,40,43,52H,14-21,23-27H2,1H3,(H,47,53,54)/t32-,38-,40?,43-/m1/s1. The smallest absolute Gasteiger partial charge is 0.255 e. The number of hydrogen-bond donors (Lipinski definition) is 2. The molecule has 6 aliphatic rings. The molecule has 0 radical (unpaired) electrons. The van der Waals surface area contributed by atoms with Crippen molar-refractivity contribution in [3.8, 4) is 23.0 Å². The number of benzene rings is 4. The van der Waals surface area contributed by atoms with Crippen LogP contribution < -0.4 is 29.3 Å². The highest BCUT2D eigenvalue weighted by Gasteiger charge is 2.43. The summed E-state index contributed by atoms with van der Waals surface area (Å²) in [7, 11) is 1.68. The highest BCUT2D eigenvalue weighted by Crippen LogP contribution is 2.48. The molecular formula is C46H49N5O7. The number of fused-ring (bicyclic) bond motifs is 6. The topological polar surface area (TPSA) is 124 Å². The molecule has 4 aromatic rings. The molecule has 12 heteroatoms. The summed E-state index contributed by atoms with van der Waals surface area (Å²) in [6.45, 7) is 7.34. The Bertz CT molecular complexity index is 2240. The van der Waals surface area contributed by atoms with Gasteiger partial charge in [-0.05, 0) is 78.8 Å². The Morgan fingerprint density at radius 1 is 0.828 bits per heavy atom. The molecular weight excluding hydrogens is 735 g/mol. The number of nitrogens with zero attached hydrogens (tertiary/aromatic N) is 4. The molecule has 3 saturated heterocycles. The maximum atomic E-state index is 13.4. The first-order chi connectivity index (χ1) is 28.3. The second-order valence-corrected chi connectivity index (χ2v) is 16.7. The summed E-state index contributed by atoms with van der Waals surface area (Å²) >= 11 is 0. The number of piperazine rings is 1. The summed E-state index contributed by atoms with van der Waals surface area (Å²) in [6.07, 6.45) is 2.87. The Labute approximate surface area is 338 Å². The number of carbonyl (C=O) groups is 3. The summed E-state index contributed by atoms with van der Waals surface area (Å²) in [5, 5.41) is 12.6. The first kappa shape index (κ1) is 36.6. The van der Waals surface area contributed by atoms with Gasteiger partial charge >= 0.3 is 0 Å². The lowest BCUT2D eigenvalue weighted by molar-refractivity contribution is -0.136. The third kappa shape index (κ3) is 6.57. The molecule has 3 fully saturated rings. The Morgan fingerprint density at radius 2 is 1.62 bits per heavy atom. The number of piperidine rings is 2. The van der Waals surface area contributed by atoms with E-state index in [9.17, 15) is 19.5 Å². The number of imide groups is 1. The lowest BCUT2D eigenvalue weighted by Gasteiger charge is -2.47. The molecule has 0 aromatic heterocycles. The number of methoxy groups -OCH3 is 1. The minimum Gasteiger partial charge on any atom is -0.508 e. The fourth-order valence-electron chi connectivity index (χ4n) is 10.3. The normalized spacial score (nSPS) is 24.6. The van der Waals surface area contributed by atoms with Gasteiger partial charge < -0.3 is 34.0 Å². The average Bonchev–Trinajstić information content (AvgIpc) is 3.59. The quantitative estimate of drug-likeness (QED) is 0.240. The van der Waals surface area contributed by atoms with Crippen molar-refractivity contribution in [1.29, 1.82) is 0 Å². The molecule has 2 N–H and O–H groups in total. The van der Waals surface area contributed by atoms with E-state index in [1.165, 1.54) is 16.8 Å². The fourth-order valence-corrected chi connectivity index (χ4v) is 10.3. The number of rotatable bonds is 7. The van der Waals surface area contributed by atoms with Crippen molar-refractivity contribution in [2.45, 2.75) is 56.1 Å². The number of aromatic hydroxyl groups is 1. The van der Waals surface area contributed by atoms with Crippen molar-refractivity contribution in [3.63, 3.8) is 0 Å². The molecule has 10 rings (SSSR count). The third-order valence-corrected chi connectivity index (χ3v) is 13.4. The lowest BCUT2D eigenvalue weighted by Crippen LogP contribution is -2.58. The van der Waals surface area contributed by atoms with E-state index in [2.05, 4.69) is 56.4 Å². The molecule has 6 heterocycles. The molecule has 1 unspecified atom stereocenters. The SMILES string of the molecule is COc1ccc([C@H]2COc3cc(O)ccc3[C@H]2c2ccc(N3CCC(CN4CCN5c6ccc7c(c6OC[C@H]5C4)CN(C4CCC(=O)NC4=O)C7=O)CC3)cc2)cc1. The molecule has 4 aromatic carbocycles. The van der Waals surface area contributed by atoms with Gasteiger partial charge in [0, 0.05) is 86.0 Å². The van der Waals surface area contributed by atoms with Gasteiger partial charge in [0.25, 0.3) is 5.91 Å². The molecule has 3 amide bonds. The van der Waals surface area contributed by atoms with Gasteiger partial charge in [-0.25, -0.2) is 0 Å². The van der Waals surface area contributed by atoms with Gasteiger partial charge in [0.2, 0.25) is 11.8 Å². The van der Waals surface area contributed by atoms with E-state index in [0.29, 0.717) is 37.7 Å². The number of carbonyl (C=O) groups excluding carboxylic acids is 3. The summed E-state index contributed by atoms with van der Waals surface area (Å²) in [4.78, 5) is 46.9. The van der Waals surface area contributed by atoms with Gasteiger partial charge in [0.05, 0.1) is 32.0 Å². The predicted molar refractivity (Wildman–Crippen MR) is 218 cm³/mol. The first-order valence-electron chi connectivity index (χ1n) is 20.7. The highest BCUT2D eigenvalue weighted by molar-refractivity contribution is 6.06. The van der Waals surface area contributed by atoms with Gasteiger partial charge in [-0.15, -0.1) is 0 Å². The molecule has 0 saturated carbocycles. The second kappa shape index (κ2) is 14.9. The van der Waals surface area contributed by atoms with E-state index in [-0.39, 0.29) is 41.9 Å². The van der Waals surface area contributed by atoms with Gasteiger partial charge in [0.1, 0.15) is 35.6 Å². The Kier molecular flexibility index (Phi) is 9.39. The minimum absolute atomic E-state index is 0.0846. The van der Waals surface area contributed by atoms with Gasteiger partial charge in [-0.2, -0.15) is 0 Å². The zero-order valence-corrected chi connectivity index (χ0v) is 32.8. The van der Waals surface area contributed by atoms with Gasteiger partial charge in [-0.1, -0.05) is 30.3 Å². The van der Waals surface area contributed by atoms with E-state index < -0.39 is 11.9 Å². The molecule has 6 aliphatic heterocycles. The highest BCUT2D eigenvalue weighted by atomic mass is 16.5. The van der Waals surface area contributed by atoms with Crippen molar-refractivity contribution >= 4 is 29.1 Å². The van der Waals surface area contributed by atoms with E-state index in [1.807, 2.05) is 30.3 Å². The number of hydrogen-bond acceptors (Lipinski definition) is 10. The number of phenolic OH excluding ortho intramolecular Hbond substituents is 1. The number of phenols is 1. The number of anilines is 2. The minimum atomic E-state index is -0.640. The van der Waals surface area contributed by atoms with Crippen molar-refractivity contribution in [3.05, 3.63) is 107 Å². The molecule has 0 spiro atoms. The number of amides is 3. The van der Waals surface area contributed by atoms with Crippen LogP contribution in [0.1, 0.15) is 70.1 Å². The largest absolute Gasteiger partial charge is 0.508 e. The number of ether oxygens (including phenoxy) is 3. The summed E-state index contributed by atoms with van der Waals surface area (Å²) in [5.41, 5.74) is 7.23. The van der Waals surface area contributed by atoms with Crippen molar-refractivity contribution in [2.24, 2.45) is 5.92 Å². The van der Waals surface area contributed by atoms with Crippen LogP contribution in [0.25, 0.3) is 0 Å². The van der Waals surface area contributed by atoms with Crippen LogP contribution in [0.2, 0.25) is 0 Å². The van der Waals surface area contributed by atoms with Crippen LogP contribution in [0.3, 0.4) is 0 Å². The average molecular weight is 784 g/mol. The van der Waals surface area contributed by atoms with Crippen LogP contribution in [-0.4, -0.2) is 104 Å². The fraction of sp³-hybridized carbons (Fsp3) is 0.413. The molecule has 0 aliphatic carbocycles. The van der Waals surface area contributed by atoms with E-state index >= 15 is 0 Å². The van der Waals surface area contributed by atoms with Crippen LogP contribution in [0.4, 0.5) is 11.4 Å². The molecule has 0 bridgehead atoms. The van der Waals surface area contributed by atoms with Crippen LogP contribution in [0, 0.1) is 5.92 Å². The second-order valence-electron chi connectivity index (χ2n) is 16.7. The van der Waals surface area contributed by atoms with Crippen LogP contribution in [0.15, 0.2) is 78.9 Å². The maximum Gasteiger partial charge on any atom is 0.255 e. The summed E-state index contributed by atoms with van der Waals surface area (Å²) < 4.78 is 18.1. The van der Waals surface area contributed by atoms with Crippen LogP contribution >= 0.6 is 0 Å². The third-order valence-electron chi connectivity index (χ3n) is 13.4. The van der Waals surface area contributed by atoms with Crippen LogP contribution in [-0.2, 0) is 16.1 Å². The zero-order chi connectivity index (χ0) is 39.5. The van der Waals surface area contributed by atoms with E-state index in [0.717, 1.165) is 86.2 Å². The Balaban J connectivity index is 0.760. The Hall–Kier alpha value is -5.75. The Morgan fingerprint density at radius 3 is 2.40 bits per heavy atom. The predicted octanol–water partition coefficient (Wildman–Crippen LogP) is 5.27. The molecule has 4 atom stereocenters. The number of nitrogens with one attached hydrogen (secondary N) is 1.